The SMILES string of the molecule is O=C(NCCC1CCCCO1)c1cc(Cn2cnc3ccccc32)[nH]n1. The van der Waals surface area contributed by atoms with Crippen LogP contribution in [0.3, 0.4) is 0 Å². The Bertz CT molecular complexity index is 879. The first kappa shape index (κ1) is 16.8. The number of H-pyrrole nitrogens is 1. The molecule has 1 aliphatic rings. The lowest BCUT2D eigenvalue weighted by atomic mass is 10.1. The van der Waals surface area contributed by atoms with E-state index in [2.05, 4.69) is 20.5 Å². The molecule has 0 spiro atoms. The van der Waals surface area contributed by atoms with Gasteiger partial charge in [0.25, 0.3) is 5.91 Å². The van der Waals surface area contributed by atoms with Crippen molar-refractivity contribution in [3.8, 4) is 0 Å². The molecule has 0 aliphatic carbocycles. The molecule has 1 saturated heterocycles. The summed E-state index contributed by atoms with van der Waals surface area (Å²) in [6.07, 6.45) is 6.36. The van der Waals surface area contributed by atoms with E-state index in [1.54, 1.807) is 12.4 Å². The minimum atomic E-state index is -0.154. The predicted octanol–water partition coefficient (Wildman–Crippen LogP) is 2.50. The highest BCUT2D eigenvalue weighted by atomic mass is 16.5. The average molecular weight is 353 g/mol. The summed E-state index contributed by atoms with van der Waals surface area (Å²) in [7, 11) is 0. The molecule has 2 N–H and O–H groups in total. The maximum Gasteiger partial charge on any atom is 0.271 e. The molecule has 136 valence electrons. The van der Waals surface area contributed by atoms with E-state index in [1.807, 2.05) is 28.8 Å². The number of hydrogen-bond donors (Lipinski definition) is 2. The first-order chi connectivity index (χ1) is 12.8. The third-order valence-corrected chi connectivity index (χ3v) is 4.76. The van der Waals surface area contributed by atoms with Gasteiger partial charge in [-0.2, -0.15) is 5.10 Å². The highest BCUT2D eigenvalue weighted by molar-refractivity contribution is 5.92. The Labute approximate surface area is 151 Å². The second-order valence-electron chi connectivity index (χ2n) is 6.67. The zero-order chi connectivity index (χ0) is 17.8. The fraction of sp³-hybridized carbons (Fsp3) is 0.421. The third-order valence-electron chi connectivity index (χ3n) is 4.76. The van der Waals surface area contributed by atoms with Crippen molar-refractivity contribution < 1.29 is 9.53 Å². The molecule has 7 nitrogen and oxygen atoms in total. The van der Waals surface area contributed by atoms with Crippen molar-refractivity contribution in [1.82, 2.24) is 25.1 Å². The summed E-state index contributed by atoms with van der Waals surface area (Å²) < 4.78 is 7.71. The molecule has 3 heterocycles. The smallest absolute Gasteiger partial charge is 0.271 e. The normalized spacial score (nSPS) is 17.5. The van der Waals surface area contributed by atoms with Crippen LogP contribution >= 0.6 is 0 Å². The number of hydrogen-bond acceptors (Lipinski definition) is 4. The van der Waals surface area contributed by atoms with Crippen molar-refractivity contribution in [2.24, 2.45) is 0 Å². The number of rotatable bonds is 6. The largest absolute Gasteiger partial charge is 0.378 e. The number of carbonyl (C=O) groups is 1. The molecule has 1 fully saturated rings. The van der Waals surface area contributed by atoms with E-state index in [0.29, 0.717) is 18.8 Å². The molecule has 0 saturated carbocycles. The highest BCUT2D eigenvalue weighted by Crippen LogP contribution is 2.15. The van der Waals surface area contributed by atoms with Gasteiger partial charge in [-0.1, -0.05) is 12.1 Å². The number of imidazole rings is 1. The first-order valence-corrected chi connectivity index (χ1v) is 9.13. The summed E-state index contributed by atoms with van der Waals surface area (Å²) in [5.74, 6) is -0.154. The lowest BCUT2D eigenvalue weighted by molar-refractivity contribution is 0.0117. The Morgan fingerprint density at radius 2 is 2.27 bits per heavy atom. The zero-order valence-corrected chi connectivity index (χ0v) is 14.6. The first-order valence-electron chi connectivity index (χ1n) is 9.13. The summed E-state index contributed by atoms with van der Waals surface area (Å²) in [4.78, 5) is 16.6. The number of amides is 1. The Morgan fingerprint density at radius 3 is 3.15 bits per heavy atom. The van der Waals surface area contributed by atoms with Crippen LogP contribution in [0.5, 0.6) is 0 Å². The summed E-state index contributed by atoms with van der Waals surface area (Å²) in [6, 6.07) is 9.76. The van der Waals surface area contributed by atoms with Crippen LogP contribution < -0.4 is 5.32 Å². The number of nitrogens with zero attached hydrogens (tertiary/aromatic N) is 3. The van der Waals surface area contributed by atoms with Crippen molar-refractivity contribution in [2.75, 3.05) is 13.2 Å². The monoisotopic (exact) mass is 353 g/mol. The van der Waals surface area contributed by atoms with Gasteiger partial charge >= 0.3 is 0 Å². The number of ether oxygens (including phenoxy) is 1. The molecule has 0 radical (unpaired) electrons. The van der Waals surface area contributed by atoms with E-state index in [4.69, 9.17) is 4.74 Å². The summed E-state index contributed by atoms with van der Waals surface area (Å²) >= 11 is 0. The number of fused-ring (bicyclic) bond motifs is 1. The van der Waals surface area contributed by atoms with Crippen LogP contribution in [0, 0.1) is 0 Å². The molecule has 0 bridgehead atoms. The van der Waals surface area contributed by atoms with Gasteiger partial charge in [0.15, 0.2) is 0 Å². The van der Waals surface area contributed by atoms with Gasteiger partial charge in [0.05, 0.1) is 35.7 Å². The zero-order valence-electron chi connectivity index (χ0n) is 14.6. The van der Waals surface area contributed by atoms with E-state index in [9.17, 15) is 4.79 Å². The van der Waals surface area contributed by atoms with E-state index >= 15 is 0 Å². The van der Waals surface area contributed by atoms with Crippen LogP contribution in [-0.2, 0) is 11.3 Å². The van der Waals surface area contributed by atoms with Crippen molar-refractivity contribution in [3.05, 3.63) is 48.0 Å². The number of para-hydroxylation sites is 2. The summed E-state index contributed by atoms with van der Waals surface area (Å²) in [5.41, 5.74) is 3.29. The Morgan fingerprint density at radius 1 is 1.35 bits per heavy atom. The molecular formula is C19H23N5O2. The van der Waals surface area contributed by atoms with Crippen LogP contribution in [0.1, 0.15) is 41.9 Å². The molecule has 7 heteroatoms. The maximum atomic E-state index is 12.3. The van der Waals surface area contributed by atoms with Crippen LogP contribution in [0.4, 0.5) is 0 Å². The lowest BCUT2D eigenvalue weighted by Gasteiger charge is -2.22. The van der Waals surface area contributed by atoms with E-state index in [-0.39, 0.29) is 12.0 Å². The quantitative estimate of drug-likeness (QED) is 0.713. The number of carbonyl (C=O) groups excluding carboxylic acids is 1. The number of aromatic amines is 1. The fourth-order valence-electron chi connectivity index (χ4n) is 3.35. The maximum absolute atomic E-state index is 12.3. The minimum absolute atomic E-state index is 0.154. The molecule has 4 rings (SSSR count). The van der Waals surface area contributed by atoms with Gasteiger partial charge in [0, 0.05) is 13.2 Å². The number of aromatic nitrogens is 4. The van der Waals surface area contributed by atoms with E-state index in [1.165, 1.54) is 6.42 Å². The summed E-state index contributed by atoms with van der Waals surface area (Å²) in [5, 5.41) is 10.0. The molecule has 1 aromatic carbocycles. The van der Waals surface area contributed by atoms with Gasteiger partial charge in [-0.25, -0.2) is 4.98 Å². The Balaban J connectivity index is 1.33. The van der Waals surface area contributed by atoms with Crippen LogP contribution in [-0.4, -0.2) is 44.9 Å². The second-order valence-corrected chi connectivity index (χ2v) is 6.67. The number of benzene rings is 1. The molecule has 3 aromatic rings. The van der Waals surface area contributed by atoms with E-state index in [0.717, 1.165) is 42.6 Å². The topological polar surface area (TPSA) is 84.8 Å². The third kappa shape index (κ3) is 3.77. The van der Waals surface area contributed by atoms with Gasteiger partial charge in [0.2, 0.25) is 0 Å². The predicted molar refractivity (Wildman–Crippen MR) is 98.0 cm³/mol. The average Bonchev–Trinajstić information content (AvgIpc) is 3.31. The molecular weight excluding hydrogens is 330 g/mol. The van der Waals surface area contributed by atoms with Crippen LogP contribution in [0.25, 0.3) is 11.0 Å². The van der Waals surface area contributed by atoms with Crippen LogP contribution in [0.15, 0.2) is 36.7 Å². The second kappa shape index (κ2) is 7.70. The molecule has 1 amide bonds. The molecule has 1 atom stereocenters. The van der Waals surface area contributed by atoms with Gasteiger partial charge in [-0.3, -0.25) is 9.89 Å². The van der Waals surface area contributed by atoms with E-state index < -0.39 is 0 Å². The summed E-state index contributed by atoms with van der Waals surface area (Å²) in [6.45, 7) is 2.04. The van der Waals surface area contributed by atoms with Gasteiger partial charge in [0.1, 0.15) is 5.69 Å². The standard InChI is InChI=1S/C19H23N5O2/c25-19(20-9-8-15-5-3-4-10-26-15)17-11-14(22-23-17)12-24-13-21-16-6-1-2-7-18(16)24/h1-2,6-7,11,13,15H,3-5,8-10,12H2,(H,20,25)(H,22,23). The van der Waals surface area contributed by atoms with Gasteiger partial charge in [-0.05, 0) is 43.9 Å². The molecule has 1 unspecified atom stereocenters. The van der Waals surface area contributed by atoms with Gasteiger partial charge in [-0.15, -0.1) is 0 Å². The van der Waals surface area contributed by atoms with Crippen molar-refractivity contribution >= 4 is 16.9 Å². The van der Waals surface area contributed by atoms with Crippen LogP contribution in [0.2, 0.25) is 0 Å². The van der Waals surface area contributed by atoms with Gasteiger partial charge < -0.3 is 14.6 Å². The van der Waals surface area contributed by atoms with Crippen molar-refractivity contribution in [2.45, 2.75) is 38.3 Å². The number of nitrogens with one attached hydrogen (secondary N) is 2. The molecule has 26 heavy (non-hydrogen) atoms. The van der Waals surface area contributed by atoms with Crippen molar-refractivity contribution in [1.29, 1.82) is 0 Å². The Kier molecular flexibility index (Phi) is 4.97. The highest BCUT2D eigenvalue weighted by Gasteiger charge is 2.15. The lowest BCUT2D eigenvalue weighted by Crippen LogP contribution is -2.29. The fourth-order valence-corrected chi connectivity index (χ4v) is 3.35. The minimum Gasteiger partial charge on any atom is -0.378 e. The van der Waals surface area contributed by atoms with Crippen molar-refractivity contribution in [3.63, 3.8) is 0 Å². The molecule has 1 aliphatic heterocycles. The Hall–Kier alpha value is -2.67. The molecule has 2 aromatic heterocycles.